The van der Waals surface area contributed by atoms with Gasteiger partial charge in [-0.2, -0.15) is 0 Å². The summed E-state index contributed by atoms with van der Waals surface area (Å²) in [7, 11) is 0. The molecule has 1 N–H and O–H groups in total. The van der Waals surface area contributed by atoms with Gasteiger partial charge in [-0.05, 0) is 20.8 Å². The Morgan fingerprint density at radius 3 is 2.62 bits per heavy atom. The van der Waals surface area contributed by atoms with E-state index < -0.39 is 11.7 Å². The van der Waals surface area contributed by atoms with Gasteiger partial charge in [0.25, 0.3) is 0 Å². The zero-order valence-electron chi connectivity index (χ0n) is 11.8. The Hall–Kier alpha value is -1.61. The highest BCUT2D eigenvalue weighted by Crippen LogP contribution is 2.22. The highest BCUT2D eigenvalue weighted by molar-refractivity contribution is 9.08. The summed E-state index contributed by atoms with van der Waals surface area (Å²) in [5.74, 6) is 0.318. The quantitative estimate of drug-likeness (QED) is 0.832. The molecular weight excluding hydrogens is 358 g/mol. The fourth-order valence-corrected chi connectivity index (χ4v) is 2.43. The number of nitrogens with one attached hydrogen (secondary N) is 1. The summed E-state index contributed by atoms with van der Waals surface area (Å²) < 4.78 is 5.13. The van der Waals surface area contributed by atoms with Gasteiger partial charge in [0.2, 0.25) is 0 Å². The van der Waals surface area contributed by atoms with Gasteiger partial charge in [0.05, 0.1) is 17.7 Å². The third-order valence-corrected chi connectivity index (χ3v) is 3.93. The van der Waals surface area contributed by atoms with Gasteiger partial charge in [-0.3, -0.25) is 5.32 Å². The molecule has 0 unspecified atom stereocenters. The Bertz CT molecular complexity index is 623. The van der Waals surface area contributed by atoms with Crippen molar-refractivity contribution in [2.75, 3.05) is 5.32 Å². The van der Waals surface area contributed by atoms with Crippen molar-refractivity contribution in [2.24, 2.45) is 0 Å². The molecule has 21 heavy (non-hydrogen) atoms. The number of anilines is 1. The summed E-state index contributed by atoms with van der Waals surface area (Å²) in [6, 6.07) is 0. The number of hydrogen-bond acceptors (Lipinski definition) is 7. The minimum atomic E-state index is -0.568. The molecule has 0 aromatic carbocycles. The summed E-state index contributed by atoms with van der Waals surface area (Å²) in [5, 5.41) is 12.7. The van der Waals surface area contributed by atoms with Crippen LogP contribution in [0.2, 0.25) is 0 Å². The van der Waals surface area contributed by atoms with Gasteiger partial charge in [0.1, 0.15) is 16.3 Å². The summed E-state index contributed by atoms with van der Waals surface area (Å²) >= 11 is 4.75. The largest absolute Gasteiger partial charge is 0.444 e. The number of halogens is 1. The molecule has 0 aliphatic heterocycles. The van der Waals surface area contributed by atoms with Crippen molar-refractivity contribution in [1.29, 1.82) is 0 Å². The molecule has 9 heteroatoms. The van der Waals surface area contributed by atoms with E-state index in [-0.39, 0.29) is 0 Å². The second-order valence-corrected chi connectivity index (χ2v) is 6.67. The van der Waals surface area contributed by atoms with Crippen molar-refractivity contribution in [2.45, 2.75) is 31.7 Å². The molecule has 0 bridgehead atoms. The Balaban J connectivity index is 2.03. The molecule has 2 aromatic rings. The summed E-state index contributed by atoms with van der Waals surface area (Å²) in [5.41, 5.74) is 0.0465. The first-order valence-corrected chi connectivity index (χ1v) is 8.02. The van der Waals surface area contributed by atoms with Crippen LogP contribution in [0.15, 0.2) is 12.4 Å². The molecular formula is C12H14BrN5O2S. The number of nitrogens with zero attached hydrogens (tertiary/aromatic N) is 4. The van der Waals surface area contributed by atoms with Crippen molar-refractivity contribution in [3.8, 4) is 10.7 Å². The minimum absolute atomic E-state index is 0.318. The van der Waals surface area contributed by atoms with Crippen molar-refractivity contribution in [1.82, 2.24) is 20.2 Å². The van der Waals surface area contributed by atoms with E-state index in [9.17, 15) is 4.79 Å². The lowest BCUT2D eigenvalue weighted by Gasteiger charge is -2.19. The monoisotopic (exact) mass is 371 g/mol. The first-order chi connectivity index (χ1) is 9.87. The predicted octanol–water partition coefficient (Wildman–Crippen LogP) is 3.24. The molecule has 2 heterocycles. The fourth-order valence-electron chi connectivity index (χ4n) is 1.32. The average molecular weight is 372 g/mol. The van der Waals surface area contributed by atoms with Crippen molar-refractivity contribution in [3.63, 3.8) is 0 Å². The van der Waals surface area contributed by atoms with E-state index in [1.165, 1.54) is 23.7 Å². The molecule has 0 spiro atoms. The average Bonchev–Trinajstić information content (AvgIpc) is 2.86. The molecule has 2 aromatic heterocycles. The zero-order chi connectivity index (χ0) is 15.5. The van der Waals surface area contributed by atoms with E-state index in [2.05, 4.69) is 41.4 Å². The number of amides is 1. The maximum atomic E-state index is 11.6. The number of aromatic nitrogens is 4. The van der Waals surface area contributed by atoms with Crippen LogP contribution in [-0.2, 0) is 10.1 Å². The van der Waals surface area contributed by atoms with Crippen LogP contribution in [0.5, 0.6) is 0 Å². The molecule has 0 saturated heterocycles. The van der Waals surface area contributed by atoms with Gasteiger partial charge in [-0.15, -0.1) is 10.2 Å². The number of rotatable bonds is 3. The van der Waals surface area contributed by atoms with Crippen LogP contribution in [0.1, 0.15) is 25.8 Å². The Labute approximate surface area is 134 Å². The number of ether oxygens (including phenoxy) is 1. The van der Waals surface area contributed by atoms with Gasteiger partial charge >= 0.3 is 6.09 Å². The van der Waals surface area contributed by atoms with Crippen LogP contribution in [0.4, 0.5) is 10.6 Å². The molecule has 0 aliphatic carbocycles. The van der Waals surface area contributed by atoms with Crippen molar-refractivity contribution >= 4 is 39.2 Å². The lowest BCUT2D eigenvalue weighted by atomic mass is 10.2. The molecule has 2 rings (SSSR count). The molecule has 112 valence electrons. The molecule has 0 atom stereocenters. The van der Waals surface area contributed by atoms with Crippen LogP contribution < -0.4 is 5.32 Å². The maximum absolute atomic E-state index is 11.6. The Kier molecular flexibility index (Phi) is 4.84. The van der Waals surface area contributed by atoms with Crippen molar-refractivity contribution < 1.29 is 9.53 Å². The number of hydrogen-bond donors (Lipinski definition) is 1. The van der Waals surface area contributed by atoms with E-state index in [0.717, 1.165) is 5.01 Å². The van der Waals surface area contributed by atoms with E-state index in [4.69, 9.17) is 4.74 Å². The molecule has 0 saturated carbocycles. The first-order valence-electron chi connectivity index (χ1n) is 6.08. The molecule has 1 amide bonds. The third kappa shape index (κ3) is 4.71. The Morgan fingerprint density at radius 1 is 1.33 bits per heavy atom. The topological polar surface area (TPSA) is 89.9 Å². The second-order valence-electron chi connectivity index (χ2n) is 5.05. The van der Waals surface area contributed by atoms with Crippen LogP contribution >= 0.6 is 27.3 Å². The number of carbonyl (C=O) groups excluding carboxylic acids is 1. The maximum Gasteiger partial charge on any atom is 0.413 e. The van der Waals surface area contributed by atoms with Crippen LogP contribution in [0.25, 0.3) is 10.7 Å². The SMILES string of the molecule is CC(C)(C)OC(=O)Nc1cnc(-c2nnc(CBr)s2)cn1. The standard InChI is InChI=1S/C12H14BrN5O2S/c1-12(2,3)20-11(19)16-8-6-14-7(5-15-8)10-18-17-9(4-13)21-10/h5-6H,4H2,1-3H3,(H,15,16,19). The van der Waals surface area contributed by atoms with Crippen molar-refractivity contribution in [3.05, 3.63) is 17.4 Å². The van der Waals surface area contributed by atoms with Gasteiger partial charge in [-0.25, -0.2) is 14.8 Å². The minimum Gasteiger partial charge on any atom is -0.444 e. The Morgan fingerprint density at radius 2 is 2.10 bits per heavy atom. The lowest BCUT2D eigenvalue weighted by molar-refractivity contribution is 0.0635. The second kappa shape index (κ2) is 6.44. The van der Waals surface area contributed by atoms with E-state index in [0.29, 0.717) is 21.8 Å². The van der Waals surface area contributed by atoms with E-state index >= 15 is 0 Å². The van der Waals surface area contributed by atoms with Gasteiger partial charge < -0.3 is 4.74 Å². The highest BCUT2D eigenvalue weighted by Gasteiger charge is 2.16. The van der Waals surface area contributed by atoms with Crippen LogP contribution in [-0.4, -0.2) is 31.9 Å². The number of alkyl halides is 1. The van der Waals surface area contributed by atoms with Crippen LogP contribution in [0.3, 0.4) is 0 Å². The molecule has 0 fully saturated rings. The number of carbonyl (C=O) groups is 1. The van der Waals surface area contributed by atoms with E-state index in [1.54, 1.807) is 20.8 Å². The smallest absolute Gasteiger partial charge is 0.413 e. The highest BCUT2D eigenvalue weighted by atomic mass is 79.9. The van der Waals surface area contributed by atoms with E-state index in [1.807, 2.05) is 0 Å². The summed E-state index contributed by atoms with van der Waals surface area (Å²) in [6.07, 6.45) is 2.42. The summed E-state index contributed by atoms with van der Waals surface area (Å²) in [4.78, 5) is 19.9. The fraction of sp³-hybridized carbons (Fsp3) is 0.417. The zero-order valence-corrected chi connectivity index (χ0v) is 14.2. The van der Waals surface area contributed by atoms with Gasteiger partial charge in [0.15, 0.2) is 10.8 Å². The first kappa shape index (κ1) is 15.8. The lowest BCUT2D eigenvalue weighted by Crippen LogP contribution is -2.27. The molecule has 0 radical (unpaired) electrons. The predicted molar refractivity (Wildman–Crippen MR) is 83.4 cm³/mol. The molecule has 0 aliphatic rings. The normalized spacial score (nSPS) is 11.2. The van der Waals surface area contributed by atoms with Gasteiger partial charge in [0, 0.05) is 0 Å². The summed E-state index contributed by atoms with van der Waals surface area (Å²) in [6.45, 7) is 5.37. The van der Waals surface area contributed by atoms with Crippen LogP contribution in [0, 0.1) is 0 Å². The third-order valence-electron chi connectivity index (χ3n) is 2.08. The molecule has 7 nitrogen and oxygen atoms in total. The van der Waals surface area contributed by atoms with Gasteiger partial charge in [-0.1, -0.05) is 27.3 Å².